The maximum atomic E-state index is 12.9. The number of carbonyl (C=O) groups is 2. The molecule has 5 nitrogen and oxygen atoms in total. The molecule has 32 heavy (non-hydrogen) atoms. The van der Waals surface area contributed by atoms with Crippen LogP contribution < -0.4 is 0 Å². The van der Waals surface area contributed by atoms with Crippen molar-refractivity contribution in [1.82, 2.24) is 4.90 Å². The van der Waals surface area contributed by atoms with Gasteiger partial charge in [-0.15, -0.1) is 0 Å². The number of carbonyl (C=O) groups excluding carboxylic acids is 2. The van der Waals surface area contributed by atoms with Crippen LogP contribution in [0.4, 0.5) is 18.0 Å². The summed E-state index contributed by atoms with van der Waals surface area (Å²) in [6.45, 7) is 8.01. The maximum Gasteiger partial charge on any atom is 0.416 e. The predicted octanol–water partition coefficient (Wildman–Crippen LogP) is 5.78. The van der Waals surface area contributed by atoms with Crippen LogP contribution in [0.15, 0.2) is 54.1 Å². The van der Waals surface area contributed by atoms with Crippen molar-refractivity contribution in [2.24, 2.45) is 0 Å². The van der Waals surface area contributed by atoms with Crippen molar-refractivity contribution in [3.63, 3.8) is 0 Å². The molecule has 0 fully saturated rings. The molecule has 1 aliphatic rings. The van der Waals surface area contributed by atoms with Crippen LogP contribution in [-0.2, 0) is 20.4 Å². The molecular weight excluding hydrogens is 423 g/mol. The summed E-state index contributed by atoms with van der Waals surface area (Å²) in [7, 11) is 0. The van der Waals surface area contributed by atoms with E-state index in [1.54, 1.807) is 38.7 Å². The van der Waals surface area contributed by atoms with Gasteiger partial charge in [-0.1, -0.05) is 30.4 Å². The minimum atomic E-state index is -4.43. The van der Waals surface area contributed by atoms with E-state index in [-0.39, 0.29) is 6.61 Å². The van der Waals surface area contributed by atoms with E-state index in [1.807, 2.05) is 6.08 Å². The van der Waals surface area contributed by atoms with Gasteiger partial charge in [0.1, 0.15) is 5.60 Å². The zero-order chi connectivity index (χ0) is 23.9. The van der Waals surface area contributed by atoms with Gasteiger partial charge in [0.2, 0.25) is 0 Å². The third-order valence-corrected chi connectivity index (χ3v) is 4.51. The fraction of sp³-hybridized carbons (Fsp3) is 0.417. The summed E-state index contributed by atoms with van der Waals surface area (Å²) in [5.74, 6) is -0.510. The highest BCUT2D eigenvalue weighted by molar-refractivity contribution is 5.85. The Morgan fingerprint density at radius 1 is 1.12 bits per heavy atom. The van der Waals surface area contributed by atoms with Gasteiger partial charge in [0.25, 0.3) is 0 Å². The first kappa shape index (κ1) is 25.2. The Morgan fingerprint density at radius 2 is 1.78 bits per heavy atom. The largest absolute Gasteiger partial charge is 0.463 e. The van der Waals surface area contributed by atoms with Gasteiger partial charge in [-0.25, -0.2) is 9.59 Å². The lowest BCUT2D eigenvalue weighted by atomic mass is 9.92. The monoisotopic (exact) mass is 451 g/mol. The summed E-state index contributed by atoms with van der Waals surface area (Å²) < 4.78 is 49.1. The molecule has 1 aliphatic heterocycles. The van der Waals surface area contributed by atoms with E-state index >= 15 is 0 Å². The molecule has 0 aromatic heterocycles. The zero-order valence-electron chi connectivity index (χ0n) is 18.7. The molecule has 0 bridgehead atoms. The fourth-order valence-corrected chi connectivity index (χ4v) is 3.05. The molecule has 0 aliphatic carbocycles. The third-order valence-electron chi connectivity index (χ3n) is 4.51. The number of ether oxygens (including phenoxy) is 2. The summed E-state index contributed by atoms with van der Waals surface area (Å²) in [6.07, 6.45) is 1.90. The molecule has 8 heteroatoms. The second-order valence-corrected chi connectivity index (χ2v) is 8.17. The van der Waals surface area contributed by atoms with E-state index in [4.69, 9.17) is 9.47 Å². The van der Waals surface area contributed by atoms with Crippen molar-refractivity contribution in [1.29, 1.82) is 0 Å². The summed E-state index contributed by atoms with van der Waals surface area (Å²) in [4.78, 5) is 25.4. The van der Waals surface area contributed by atoms with Crippen LogP contribution in [-0.4, -0.2) is 42.3 Å². The van der Waals surface area contributed by atoms with Crippen LogP contribution in [0.3, 0.4) is 0 Å². The molecule has 0 radical (unpaired) electrons. The highest BCUT2D eigenvalue weighted by Crippen LogP contribution is 2.33. The number of allylic oxidation sites excluding steroid dienone is 3. The van der Waals surface area contributed by atoms with Gasteiger partial charge in [0.05, 0.1) is 12.2 Å². The van der Waals surface area contributed by atoms with Gasteiger partial charge in [-0.2, -0.15) is 13.2 Å². The van der Waals surface area contributed by atoms with Gasteiger partial charge < -0.3 is 14.4 Å². The Bertz CT molecular complexity index is 907. The van der Waals surface area contributed by atoms with Crippen molar-refractivity contribution in [3.8, 4) is 0 Å². The third kappa shape index (κ3) is 7.59. The number of hydrogen-bond acceptors (Lipinski definition) is 4. The van der Waals surface area contributed by atoms with Crippen LogP contribution in [0, 0.1) is 0 Å². The summed E-state index contributed by atoms with van der Waals surface area (Å²) in [6, 6.07) is 4.84. The van der Waals surface area contributed by atoms with Gasteiger partial charge in [0.15, 0.2) is 0 Å². The molecule has 1 aromatic rings. The van der Waals surface area contributed by atoms with Gasteiger partial charge in [-0.3, -0.25) is 0 Å². The van der Waals surface area contributed by atoms with Crippen LogP contribution in [0.5, 0.6) is 0 Å². The van der Waals surface area contributed by atoms with E-state index < -0.39 is 29.4 Å². The molecule has 0 atom stereocenters. The average Bonchev–Trinajstić information content (AvgIpc) is 2.70. The van der Waals surface area contributed by atoms with Crippen molar-refractivity contribution in [2.45, 2.75) is 45.9 Å². The lowest BCUT2D eigenvalue weighted by Crippen LogP contribution is -2.39. The SMILES string of the molecule is CCOC(=O)C=CC=C(C1=CCN(C(=O)OC(C)(C)C)CC1)c1ccc(C(F)(F)F)cc1. The lowest BCUT2D eigenvalue weighted by Gasteiger charge is -2.30. The quantitative estimate of drug-likeness (QED) is 0.324. The topological polar surface area (TPSA) is 55.8 Å². The molecule has 1 amide bonds. The van der Waals surface area contributed by atoms with Gasteiger partial charge >= 0.3 is 18.2 Å². The molecule has 2 rings (SSSR count). The van der Waals surface area contributed by atoms with Crippen LogP contribution in [0.2, 0.25) is 0 Å². The Morgan fingerprint density at radius 3 is 2.28 bits per heavy atom. The summed E-state index contributed by atoms with van der Waals surface area (Å²) in [5.41, 5.74) is 0.755. The molecular formula is C24H28F3NO4. The summed E-state index contributed by atoms with van der Waals surface area (Å²) in [5, 5.41) is 0. The van der Waals surface area contributed by atoms with Crippen LogP contribution >= 0.6 is 0 Å². The molecule has 0 spiro atoms. The molecule has 1 aromatic carbocycles. The number of amides is 1. The molecule has 0 saturated carbocycles. The Labute approximate surface area is 186 Å². The minimum absolute atomic E-state index is 0.240. The molecule has 0 N–H and O–H groups in total. The first-order chi connectivity index (χ1) is 14.9. The molecule has 0 saturated heterocycles. The number of hydrogen-bond donors (Lipinski definition) is 0. The Balaban J connectivity index is 2.29. The average molecular weight is 451 g/mol. The number of rotatable bonds is 5. The molecule has 0 unspecified atom stereocenters. The van der Waals surface area contributed by atoms with E-state index in [2.05, 4.69) is 0 Å². The van der Waals surface area contributed by atoms with E-state index in [9.17, 15) is 22.8 Å². The Hall–Kier alpha value is -3.03. The lowest BCUT2D eigenvalue weighted by molar-refractivity contribution is -0.138. The van der Waals surface area contributed by atoms with Crippen molar-refractivity contribution in [3.05, 3.63) is 65.3 Å². The predicted molar refractivity (Wildman–Crippen MR) is 116 cm³/mol. The second kappa shape index (κ2) is 10.5. The number of halogens is 3. The van der Waals surface area contributed by atoms with Crippen molar-refractivity contribution >= 4 is 17.6 Å². The van der Waals surface area contributed by atoms with Crippen LogP contribution in [0.1, 0.15) is 45.2 Å². The number of alkyl halides is 3. The standard InChI is InChI=1S/C24H28F3NO4/c1-5-31-21(29)8-6-7-20(17-9-11-19(12-10-17)24(25,26)27)18-13-15-28(16-14-18)22(30)32-23(2,3)4/h6-13H,5,14-16H2,1-4H3. The van der Waals surface area contributed by atoms with Crippen molar-refractivity contribution in [2.75, 3.05) is 19.7 Å². The highest BCUT2D eigenvalue weighted by Gasteiger charge is 2.30. The first-order valence-corrected chi connectivity index (χ1v) is 10.3. The maximum absolute atomic E-state index is 12.9. The number of esters is 1. The van der Waals surface area contributed by atoms with E-state index in [0.29, 0.717) is 30.6 Å². The van der Waals surface area contributed by atoms with Gasteiger partial charge in [-0.05, 0) is 63.0 Å². The fourth-order valence-electron chi connectivity index (χ4n) is 3.05. The normalized spacial score (nSPS) is 15.5. The van der Waals surface area contributed by atoms with E-state index in [1.165, 1.54) is 24.3 Å². The molecule has 1 heterocycles. The van der Waals surface area contributed by atoms with Crippen molar-refractivity contribution < 1.29 is 32.2 Å². The smallest absolute Gasteiger partial charge is 0.416 e. The zero-order valence-corrected chi connectivity index (χ0v) is 18.7. The highest BCUT2D eigenvalue weighted by atomic mass is 19.4. The summed E-state index contributed by atoms with van der Waals surface area (Å²) >= 11 is 0. The minimum Gasteiger partial charge on any atom is -0.463 e. The number of benzene rings is 1. The second-order valence-electron chi connectivity index (χ2n) is 8.17. The molecule has 174 valence electrons. The number of nitrogens with zero attached hydrogens (tertiary/aromatic N) is 1. The first-order valence-electron chi connectivity index (χ1n) is 10.3. The van der Waals surface area contributed by atoms with Gasteiger partial charge in [0, 0.05) is 19.2 Å². The van der Waals surface area contributed by atoms with E-state index in [0.717, 1.165) is 17.7 Å². The van der Waals surface area contributed by atoms with Crippen LogP contribution in [0.25, 0.3) is 5.57 Å². The Kier molecular flexibility index (Phi) is 8.30.